The van der Waals surface area contributed by atoms with Gasteiger partial charge in [-0.15, -0.1) is 0 Å². The molecule has 10 nitrogen and oxygen atoms in total. The van der Waals surface area contributed by atoms with Gasteiger partial charge in [0.15, 0.2) is 11.6 Å². The number of nitrogens with zero attached hydrogens (tertiary/aromatic N) is 4. The third kappa shape index (κ3) is 7.69. The number of hydrogen-bond acceptors (Lipinski definition) is 7. The fourth-order valence-corrected chi connectivity index (χ4v) is 5.33. The molecule has 4 aromatic carbocycles. The van der Waals surface area contributed by atoms with Crippen molar-refractivity contribution < 1.29 is 28.2 Å². The minimum Gasteiger partial charge on any atom is -0.494 e. The zero-order valence-electron chi connectivity index (χ0n) is 24.4. The van der Waals surface area contributed by atoms with E-state index in [2.05, 4.69) is 36.8 Å². The molecule has 2 atom stereocenters. The first-order valence-electron chi connectivity index (χ1n) is 14.3. The highest BCUT2D eigenvalue weighted by Gasteiger charge is 2.54. The van der Waals surface area contributed by atoms with Gasteiger partial charge < -0.3 is 14.6 Å². The Morgan fingerprint density at radius 1 is 1.04 bits per heavy atom. The average molecular weight is 692 g/mol. The molecule has 46 heavy (non-hydrogen) atoms. The van der Waals surface area contributed by atoms with Crippen molar-refractivity contribution in [2.45, 2.75) is 31.0 Å². The van der Waals surface area contributed by atoms with E-state index in [0.717, 1.165) is 28.2 Å². The van der Waals surface area contributed by atoms with Crippen molar-refractivity contribution in [2.75, 3.05) is 13.2 Å². The second-order valence-corrected chi connectivity index (χ2v) is 11.3. The number of aliphatic imine (C=N–C) groups is 1. The summed E-state index contributed by atoms with van der Waals surface area (Å²) < 4.78 is 40.6. The van der Waals surface area contributed by atoms with E-state index in [1.807, 2.05) is 24.3 Å². The van der Waals surface area contributed by atoms with Gasteiger partial charge in [-0.25, -0.2) is 19.2 Å². The number of benzene rings is 4. The molecule has 0 unspecified atom stereocenters. The van der Waals surface area contributed by atoms with Gasteiger partial charge in [0.25, 0.3) is 5.91 Å². The molecule has 0 aromatic heterocycles. The molecular weight excluding hydrogens is 662 g/mol. The van der Waals surface area contributed by atoms with Crippen molar-refractivity contribution in [3.05, 3.63) is 140 Å². The molecule has 4 aromatic rings. The third-order valence-electron chi connectivity index (χ3n) is 7.21. The van der Waals surface area contributed by atoms with Crippen molar-refractivity contribution in [1.29, 1.82) is 0 Å². The predicted molar refractivity (Wildman–Crippen MR) is 171 cm³/mol. The molecule has 5 rings (SSSR count). The first-order chi connectivity index (χ1) is 22.3. The van der Waals surface area contributed by atoms with Crippen LogP contribution in [0.3, 0.4) is 0 Å². The molecule has 1 amide bonds. The highest BCUT2D eigenvalue weighted by molar-refractivity contribution is 9.10. The number of carbonyl (C=O) groups excluding carboxylic acids is 1. The topological polar surface area (TPSA) is 141 Å². The van der Waals surface area contributed by atoms with E-state index in [1.54, 1.807) is 48.5 Å². The van der Waals surface area contributed by atoms with Gasteiger partial charge in [0, 0.05) is 58.3 Å². The zero-order valence-corrected chi connectivity index (χ0v) is 26.0. The highest BCUT2D eigenvalue weighted by Crippen LogP contribution is 2.45. The Hall–Kier alpha value is -4.81. The molecule has 13 heteroatoms. The number of hydrogen-bond donors (Lipinski definition) is 3. The number of ether oxygens (including phenoxy) is 2. The Bertz CT molecular complexity index is 1750. The normalized spacial score (nSPS) is 17.0. The molecule has 1 aliphatic heterocycles. The van der Waals surface area contributed by atoms with E-state index in [-0.39, 0.29) is 36.7 Å². The van der Waals surface area contributed by atoms with E-state index < -0.39 is 29.2 Å². The van der Waals surface area contributed by atoms with Crippen molar-refractivity contribution in [2.24, 2.45) is 10.1 Å². The minimum atomic E-state index is -1.64. The summed E-state index contributed by atoms with van der Waals surface area (Å²) in [6, 6.07) is 24.2. The molecule has 0 aliphatic carbocycles. The third-order valence-corrected chi connectivity index (χ3v) is 7.73. The number of rotatable bonds is 13. The molecule has 1 heterocycles. The van der Waals surface area contributed by atoms with E-state index >= 15 is 0 Å². The van der Waals surface area contributed by atoms with E-state index in [0.29, 0.717) is 29.9 Å². The number of amides is 1. The van der Waals surface area contributed by atoms with Gasteiger partial charge >= 0.3 is 0 Å². The SMILES string of the molecule is [N-]=[N+]=Nc1ccccc1[C@@H]1OC(c2ccc(OCCCO)cc2)=N[C@]1(Cc1ccc(Br)cc1)C(=O)NNCc1cc(F)cc(F)c1. The Balaban J connectivity index is 1.56. The minimum absolute atomic E-state index is 0.0118. The predicted octanol–water partition coefficient (Wildman–Crippen LogP) is 6.75. The van der Waals surface area contributed by atoms with Crippen LogP contribution in [0.25, 0.3) is 10.4 Å². The molecule has 0 saturated heterocycles. The lowest BCUT2D eigenvalue weighted by molar-refractivity contribution is -0.130. The molecule has 0 bridgehead atoms. The summed E-state index contributed by atoms with van der Waals surface area (Å²) in [5.41, 5.74) is 15.4. The van der Waals surface area contributed by atoms with Crippen LogP contribution in [0.4, 0.5) is 14.5 Å². The Morgan fingerprint density at radius 2 is 1.76 bits per heavy atom. The molecule has 1 aliphatic rings. The van der Waals surface area contributed by atoms with Crippen molar-refractivity contribution in [3.8, 4) is 5.75 Å². The van der Waals surface area contributed by atoms with Crippen molar-refractivity contribution in [3.63, 3.8) is 0 Å². The standard InChI is InChI=1S/C33H29BrF2N6O4/c34-24-10-6-21(7-11-24)19-33(32(44)41-38-20-22-16-25(35)18-26(36)17-22)30(28-4-1-2-5-29(28)40-42-37)46-31(39-33)23-8-12-27(13-9-23)45-15-3-14-43/h1-2,4-13,16-18,30,38,43H,3,14-15,19-20H2,(H,41,44)/t30-,33-/m0/s1. The van der Waals surface area contributed by atoms with Crippen LogP contribution >= 0.6 is 15.9 Å². The van der Waals surface area contributed by atoms with Crippen LogP contribution in [0.1, 0.15) is 34.8 Å². The summed E-state index contributed by atoms with van der Waals surface area (Å²) in [5, 5.41) is 12.9. The fourth-order valence-electron chi connectivity index (χ4n) is 5.07. The van der Waals surface area contributed by atoms with Crippen LogP contribution in [0.2, 0.25) is 0 Å². The molecule has 236 valence electrons. The van der Waals surface area contributed by atoms with Gasteiger partial charge in [-0.1, -0.05) is 57.4 Å². The first-order valence-corrected chi connectivity index (χ1v) is 15.1. The van der Waals surface area contributed by atoms with Crippen LogP contribution in [0.15, 0.2) is 106 Å². The number of hydrazine groups is 1. The number of aliphatic hydroxyl groups is 1. The maximum absolute atomic E-state index is 14.3. The van der Waals surface area contributed by atoms with Crippen molar-refractivity contribution >= 4 is 33.4 Å². The average Bonchev–Trinajstić information content (AvgIpc) is 3.43. The number of azide groups is 1. The molecule has 0 fully saturated rings. The zero-order chi connectivity index (χ0) is 32.5. The number of nitrogens with one attached hydrogen (secondary N) is 2. The second-order valence-electron chi connectivity index (χ2n) is 10.4. The van der Waals surface area contributed by atoms with Crippen LogP contribution in [0, 0.1) is 11.6 Å². The van der Waals surface area contributed by atoms with E-state index in [1.165, 1.54) is 0 Å². The smallest absolute Gasteiger partial charge is 0.266 e. The molecular formula is C33H29BrF2N6O4. The molecule has 0 radical (unpaired) electrons. The second kappa shape index (κ2) is 15.0. The Morgan fingerprint density at radius 3 is 2.46 bits per heavy atom. The number of halogens is 3. The molecule has 0 spiro atoms. The summed E-state index contributed by atoms with van der Waals surface area (Å²) >= 11 is 3.44. The fraction of sp³-hybridized carbons (Fsp3) is 0.212. The summed E-state index contributed by atoms with van der Waals surface area (Å²) in [4.78, 5) is 22.2. The number of carbonyl (C=O) groups is 1. The van der Waals surface area contributed by atoms with E-state index in [4.69, 9.17) is 19.6 Å². The van der Waals surface area contributed by atoms with Crippen molar-refractivity contribution in [1.82, 2.24) is 10.9 Å². The Labute approximate surface area is 271 Å². The van der Waals surface area contributed by atoms with Gasteiger partial charge in [-0.05, 0) is 65.2 Å². The summed E-state index contributed by atoms with van der Waals surface area (Å²) in [5.74, 6) is -1.33. The lowest BCUT2D eigenvalue weighted by Crippen LogP contribution is -2.53. The lowest BCUT2D eigenvalue weighted by Gasteiger charge is -2.31. The van der Waals surface area contributed by atoms with Gasteiger partial charge in [0.1, 0.15) is 17.4 Å². The lowest BCUT2D eigenvalue weighted by atomic mass is 9.81. The van der Waals surface area contributed by atoms with Crippen LogP contribution in [-0.4, -0.2) is 35.7 Å². The van der Waals surface area contributed by atoms with E-state index in [9.17, 15) is 19.1 Å². The monoisotopic (exact) mass is 690 g/mol. The van der Waals surface area contributed by atoms with Gasteiger partial charge in [0.05, 0.1) is 6.61 Å². The summed E-state index contributed by atoms with van der Waals surface area (Å²) in [6.07, 6.45) is -0.495. The van der Waals surface area contributed by atoms with Gasteiger partial charge in [0.2, 0.25) is 5.90 Å². The molecule has 0 saturated carbocycles. The molecule has 3 N–H and O–H groups in total. The number of aliphatic hydroxyl groups excluding tert-OH is 1. The quantitative estimate of drug-likeness (QED) is 0.0468. The maximum Gasteiger partial charge on any atom is 0.266 e. The van der Waals surface area contributed by atoms with Gasteiger partial charge in [-0.3, -0.25) is 10.2 Å². The highest BCUT2D eigenvalue weighted by atomic mass is 79.9. The largest absolute Gasteiger partial charge is 0.494 e. The maximum atomic E-state index is 14.3. The Kier molecular flexibility index (Phi) is 10.6. The van der Waals surface area contributed by atoms with Crippen LogP contribution < -0.4 is 15.6 Å². The first kappa shape index (κ1) is 32.6. The van der Waals surface area contributed by atoms with Crippen LogP contribution in [0.5, 0.6) is 5.75 Å². The summed E-state index contributed by atoms with van der Waals surface area (Å²) in [6.45, 7) is 0.277. The van der Waals surface area contributed by atoms with Crippen LogP contribution in [-0.2, 0) is 22.5 Å². The summed E-state index contributed by atoms with van der Waals surface area (Å²) in [7, 11) is 0. The van der Waals surface area contributed by atoms with Gasteiger partial charge in [-0.2, -0.15) is 0 Å².